The lowest BCUT2D eigenvalue weighted by Gasteiger charge is -2.17. The normalized spacial score (nSPS) is 14.7. The van der Waals surface area contributed by atoms with Gasteiger partial charge in [0.15, 0.2) is 0 Å². The van der Waals surface area contributed by atoms with Gasteiger partial charge in [0.05, 0.1) is 5.75 Å². The van der Waals surface area contributed by atoms with Crippen molar-refractivity contribution in [2.75, 3.05) is 24.5 Å². The van der Waals surface area contributed by atoms with Crippen molar-refractivity contribution in [2.45, 2.75) is 31.4 Å². The molecule has 2 aromatic rings. The zero-order chi connectivity index (χ0) is 18.4. The SMILES string of the molecule is O=S(=O)(Cc1ccc(F)cc1)NCCCc1ccc(N2CCCC2)cc1. The molecule has 0 spiro atoms. The van der Waals surface area contributed by atoms with Crippen LogP contribution in [0.25, 0.3) is 0 Å². The predicted molar refractivity (Wildman–Crippen MR) is 103 cm³/mol. The van der Waals surface area contributed by atoms with Crippen molar-refractivity contribution < 1.29 is 12.8 Å². The van der Waals surface area contributed by atoms with Gasteiger partial charge in [-0.25, -0.2) is 17.5 Å². The minimum atomic E-state index is -3.40. The van der Waals surface area contributed by atoms with Crippen molar-refractivity contribution in [3.05, 3.63) is 65.5 Å². The second-order valence-electron chi connectivity index (χ2n) is 6.74. The Morgan fingerprint density at radius 3 is 2.19 bits per heavy atom. The number of aryl methyl sites for hydroxylation is 1. The number of rotatable bonds is 8. The van der Waals surface area contributed by atoms with Crippen LogP contribution in [0.5, 0.6) is 0 Å². The van der Waals surface area contributed by atoms with E-state index in [2.05, 4.69) is 33.9 Å². The molecule has 26 heavy (non-hydrogen) atoms. The summed E-state index contributed by atoms with van der Waals surface area (Å²) in [5.74, 6) is -0.493. The summed E-state index contributed by atoms with van der Waals surface area (Å²) in [6.45, 7) is 2.67. The molecule has 0 atom stereocenters. The second kappa shape index (κ2) is 8.64. The fraction of sp³-hybridized carbons (Fsp3) is 0.400. The maximum absolute atomic E-state index is 12.9. The molecule has 0 unspecified atom stereocenters. The average molecular weight is 376 g/mol. The number of sulfonamides is 1. The highest BCUT2D eigenvalue weighted by Gasteiger charge is 2.12. The van der Waals surface area contributed by atoms with Gasteiger partial charge in [-0.05, 0) is 61.1 Å². The van der Waals surface area contributed by atoms with Crippen molar-refractivity contribution in [1.82, 2.24) is 4.72 Å². The number of benzene rings is 2. The molecule has 0 amide bonds. The highest BCUT2D eigenvalue weighted by Crippen LogP contribution is 2.20. The van der Waals surface area contributed by atoms with Gasteiger partial charge in [0, 0.05) is 25.3 Å². The van der Waals surface area contributed by atoms with Crippen LogP contribution in [-0.4, -0.2) is 28.1 Å². The number of nitrogens with zero attached hydrogens (tertiary/aromatic N) is 1. The third kappa shape index (κ3) is 5.54. The smallest absolute Gasteiger partial charge is 0.215 e. The lowest BCUT2D eigenvalue weighted by molar-refractivity contribution is 0.578. The van der Waals surface area contributed by atoms with Gasteiger partial charge < -0.3 is 4.90 Å². The minimum absolute atomic E-state index is 0.127. The molecule has 0 aromatic heterocycles. The van der Waals surface area contributed by atoms with E-state index in [-0.39, 0.29) is 11.6 Å². The van der Waals surface area contributed by atoms with Crippen LogP contribution in [0.3, 0.4) is 0 Å². The van der Waals surface area contributed by atoms with E-state index >= 15 is 0 Å². The second-order valence-corrected chi connectivity index (χ2v) is 8.55. The molecule has 140 valence electrons. The zero-order valence-electron chi connectivity index (χ0n) is 14.8. The van der Waals surface area contributed by atoms with E-state index in [1.54, 1.807) is 0 Å². The van der Waals surface area contributed by atoms with Gasteiger partial charge in [-0.3, -0.25) is 0 Å². The topological polar surface area (TPSA) is 49.4 Å². The summed E-state index contributed by atoms with van der Waals surface area (Å²) in [7, 11) is -3.40. The third-order valence-electron chi connectivity index (χ3n) is 4.64. The first kappa shape index (κ1) is 18.9. The maximum atomic E-state index is 12.9. The van der Waals surface area contributed by atoms with Crippen molar-refractivity contribution >= 4 is 15.7 Å². The highest BCUT2D eigenvalue weighted by atomic mass is 32.2. The Balaban J connectivity index is 1.42. The first-order chi connectivity index (χ1) is 12.5. The average Bonchev–Trinajstić information content (AvgIpc) is 3.16. The van der Waals surface area contributed by atoms with E-state index in [1.165, 1.54) is 48.4 Å². The molecule has 4 nitrogen and oxygen atoms in total. The lowest BCUT2D eigenvalue weighted by atomic mass is 10.1. The molecule has 3 rings (SSSR count). The van der Waals surface area contributed by atoms with Gasteiger partial charge >= 0.3 is 0 Å². The van der Waals surface area contributed by atoms with E-state index in [4.69, 9.17) is 0 Å². The molecule has 1 aliphatic rings. The van der Waals surface area contributed by atoms with E-state index in [0.717, 1.165) is 25.9 Å². The Morgan fingerprint density at radius 1 is 0.923 bits per heavy atom. The van der Waals surface area contributed by atoms with E-state index in [0.29, 0.717) is 12.1 Å². The summed E-state index contributed by atoms with van der Waals surface area (Å²) < 4.78 is 39.6. The molecular weight excluding hydrogens is 351 g/mol. The van der Waals surface area contributed by atoms with Crippen LogP contribution in [0.15, 0.2) is 48.5 Å². The molecule has 1 fully saturated rings. The summed E-state index contributed by atoms with van der Waals surface area (Å²) in [5.41, 5.74) is 3.06. The van der Waals surface area contributed by atoms with Crippen LogP contribution in [0.2, 0.25) is 0 Å². The first-order valence-corrected chi connectivity index (χ1v) is 10.7. The van der Waals surface area contributed by atoms with Crippen LogP contribution >= 0.6 is 0 Å². The first-order valence-electron chi connectivity index (χ1n) is 9.07. The number of halogens is 1. The highest BCUT2D eigenvalue weighted by molar-refractivity contribution is 7.88. The molecular formula is C20H25FN2O2S. The van der Waals surface area contributed by atoms with Crippen LogP contribution in [0, 0.1) is 5.82 Å². The summed E-state index contributed by atoms with van der Waals surface area (Å²) in [6, 6.07) is 14.1. The quantitative estimate of drug-likeness (QED) is 0.718. The molecule has 0 saturated carbocycles. The van der Waals surface area contributed by atoms with Gasteiger partial charge in [-0.2, -0.15) is 0 Å². The number of anilines is 1. The lowest BCUT2D eigenvalue weighted by Crippen LogP contribution is -2.26. The van der Waals surface area contributed by atoms with Crippen molar-refractivity contribution in [2.24, 2.45) is 0 Å². The Labute approximate surface area is 155 Å². The van der Waals surface area contributed by atoms with Crippen LogP contribution in [-0.2, 0) is 22.2 Å². The largest absolute Gasteiger partial charge is 0.372 e. The molecule has 1 saturated heterocycles. The summed E-state index contributed by atoms with van der Waals surface area (Å²) in [4.78, 5) is 2.40. The Morgan fingerprint density at radius 2 is 1.54 bits per heavy atom. The van der Waals surface area contributed by atoms with Crippen LogP contribution in [0.4, 0.5) is 10.1 Å². The van der Waals surface area contributed by atoms with Crippen LogP contribution < -0.4 is 9.62 Å². The molecule has 1 heterocycles. The number of hydrogen-bond donors (Lipinski definition) is 1. The molecule has 6 heteroatoms. The maximum Gasteiger partial charge on any atom is 0.215 e. The molecule has 2 aromatic carbocycles. The molecule has 0 aliphatic carbocycles. The third-order valence-corrected chi connectivity index (χ3v) is 6.00. The Kier molecular flexibility index (Phi) is 6.27. The minimum Gasteiger partial charge on any atom is -0.372 e. The van der Waals surface area contributed by atoms with E-state index < -0.39 is 10.0 Å². The van der Waals surface area contributed by atoms with E-state index in [9.17, 15) is 12.8 Å². The molecule has 1 aliphatic heterocycles. The van der Waals surface area contributed by atoms with Crippen molar-refractivity contribution in [1.29, 1.82) is 0 Å². The van der Waals surface area contributed by atoms with E-state index in [1.807, 2.05) is 0 Å². The monoisotopic (exact) mass is 376 g/mol. The predicted octanol–water partition coefficient (Wildman–Crippen LogP) is 3.48. The van der Waals surface area contributed by atoms with Crippen molar-refractivity contribution in [3.63, 3.8) is 0 Å². The number of nitrogens with one attached hydrogen (secondary N) is 1. The number of hydrogen-bond acceptors (Lipinski definition) is 3. The van der Waals surface area contributed by atoms with Gasteiger partial charge in [0.2, 0.25) is 10.0 Å². The fourth-order valence-electron chi connectivity index (χ4n) is 3.22. The zero-order valence-corrected chi connectivity index (χ0v) is 15.6. The summed E-state index contributed by atoms with van der Waals surface area (Å²) in [6.07, 6.45) is 4.10. The van der Waals surface area contributed by atoms with Gasteiger partial charge in [-0.15, -0.1) is 0 Å². The summed E-state index contributed by atoms with van der Waals surface area (Å²) in [5, 5.41) is 0. The van der Waals surface area contributed by atoms with Crippen LogP contribution in [0.1, 0.15) is 30.4 Å². The molecule has 1 N–H and O–H groups in total. The van der Waals surface area contributed by atoms with Gasteiger partial charge in [0.1, 0.15) is 5.82 Å². The summed E-state index contributed by atoms with van der Waals surface area (Å²) >= 11 is 0. The molecule has 0 bridgehead atoms. The standard InChI is InChI=1S/C20H25FN2O2S/c21-19-9-5-18(6-10-19)16-26(24,25)22-13-3-4-17-7-11-20(12-8-17)23-14-1-2-15-23/h5-12,22H,1-4,13-16H2. The Hall–Kier alpha value is -1.92. The Bertz CT molecular complexity index is 799. The van der Waals surface area contributed by atoms with Crippen molar-refractivity contribution in [3.8, 4) is 0 Å². The molecule has 0 radical (unpaired) electrons. The van der Waals surface area contributed by atoms with Gasteiger partial charge in [0.25, 0.3) is 0 Å². The van der Waals surface area contributed by atoms with Gasteiger partial charge in [-0.1, -0.05) is 24.3 Å². The fourth-order valence-corrected chi connectivity index (χ4v) is 4.41.